The lowest BCUT2D eigenvalue weighted by atomic mass is 10.2. The van der Waals surface area contributed by atoms with Gasteiger partial charge in [0.05, 0.1) is 24.3 Å². The molecule has 110 valence electrons. The van der Waals surface area contributed by atoms with Crippen LogP contribution in [0.3, 0.4) is 0 Å². The van der Waals surface area contributed by atoms with E-state index < -0.39 is 5.97 Å². The van der Waals surface area contributed by atoms with Crippen LogP contribution in [0.15, 0.2) is 36.7 Å². The van der Waals surface area contributed by atoms with E-state index in [-0.39, 0.29) is 10.6 Å². The van der Waals surface area contributed by atoms with Crippen LogP contribution in [0.1, 0.15) is 15.9 Å². The number of rotatable bonds is 6. The quantitative estimate of drug-likeness (QED) is 0.888. The average molecular weight is 308 g/mol. The number of aromatic carboxylic acids is 1. The summed E-state index contributed by atoms with van der Waals surface area (Å²) < 4.78 is 10.8. The minimum absolute atomic E-state index is 0.0523. The van der Waals surface area contributed by atoms with Gasteiger partial charge in [-0.05, 0) is 23.8 Å². The average Bonchev–Trinajstić information content (AvgIpc) is 2.49. The van der Waals surface area contributed by atoms with Crippen LogP contribution in [0.2, 0.25) is 5.02 Å². The molecule has 1 aromatic carbocycles. The Labute approximate surface area is 127 Å². The van der Waals surface area contributed by atoms with Crippen molar-refractivity contribution in [1.29, 1.82) is 0 Å². The van der Waals surface area contributed by atoms with Crippen LogP contribution in [-0.2, 0) is 6.42 Å². The second-order valence-corrected chi connectivity index (χ2v) is 4.66. The number of carbonyl (C=O) groups is 1. The van der Waals surface area contributed by atoms with Gasteiger partial charge in [-0.15, -0.1) is 0 Å². The van der Waals surface area contributed by atoms with E-state index in [1.807, 2.05) is 12.1 Å². The number of hydrogen-bond acceptors (Lipinski definition) is 4. The predicted molar refractivity (Wildman–Crippen MR) is 78.4 cm³/mol. The molecule has 0 saturated heterocycles. The fraction of sp³-hybridized carbons (Fsp3) is 0.200. The fourth-order valence-corrected chi connectivity index (χ4v) is 2.07. The van der Waals surface area contributed by atoms with Crippen molar-refractivity contribution in [3.05, 3.63) is 52.8 Å². The Hall–Kier alpha value is -2.27. The van der Waals surface area contributed by atoms with E-state index in [9.17, 15) is 4.79 Å². The first kappa shape index (κ1) is 15.1. The molecule has 1 aromatic heterocycles. The van der Waals surface area contributed by atoms with Crippen LogP contribution in [0, 0.1) is 0 Å². The van der Waals surface area contributed by atoms with Crippen molar-refractivity contribution >= 4 is 17.6 Å². The molecule has 0 unspecified atom stereocenters. The van der Waals surface area contributed by atoms with E-state index in [1.54, 1.807) is 12.4 Å². The van der Waals surface area contributed by atoms with E-state index in [0.29, 0.717) is 24.5 Å². The molecule has 0 fully saturated rings. The minimum atomic E-state index is -1.07. The number of carboxylic acids is 1. The summed E-state index contributed by atoms with van der Waals surface area (Å²) in [4.78, 5) is 15.0. The summed E-state index contributed by atoms with van der Waals surface area (Å²) in [5, 5.41) is 9.19. The van der Waals surface area contributed by atoms with Crippen molar-refractivity contribution < 1.29 is 19.4 Å². The zero-order valence-electron chi connectivity index (χ0n) is 11.4. The fourth-order valence-electron chi connectivity index (χ4n) is 1.80. The van der Waals surface area contributed by atoms with Crippen molar-refractivity contribution in [2.45, 2.75) is 6.42 Å². The highest BCUT2D eigenvalue weighted by molar-refractivity contribution is 6.32. The van der Waals surface area contributed by atoms with E-state index in [4.69, 9.17) is 26.2 Å². The van der Waals surface area contributed by atoms with Crippen molar-refractivity contribution in [2.75, 3.05) is 13.7 Å². The zero-order valence-corrected chi connectivity index (χ0v) is 12.1. The lowest BCUT2D eigenvalue weighted by Gasteiger charge is -2.13. The summed E-state index contributed by atoms with van der Waals surface area (Å²) in [6, 6.07) is 6.52. The lowest BCUT2D eigenvalue weighted by molar-refractivity contribution is 0.0696. The summed E-state index contributed by atoms with van der Waals surface area (Å²) >= 11 is 6.06. The molecular formula is C15H14ClNO4. The number of methoxy groups -OCH3 is 1. The minimum Gasteiger partial charge on any atom is -0.493 e. The highest BCUT2D eigenvalue weighted by Crippen LogP contribution is 2.36. The molecule has 2 rings (SSSR count). The van der Waals surface area contributed by atoms with Crippen LogP contribution in [0.5, 0.6) is 11.5 Å². The molecule has 21 heavy (non-hydrogen) atoms. The zero-order chi connectivity index (χ0) is 15.2. The number of benzene rings is 1. The summed E-state index contributed by atoms with van der Waals surface area (Å²) in [7, 11) is 1.44. The van der Waals surface area contributed by atoms with Gasteiger partial charge >= 0.3 is 5.97 Å². The monoisotopic (exact) mass is 307 g/mol. The largest absolute Gasteiger partial charge is 0.493 e. The number of pyridine rings is 1. The Morgan fingerprint density at radius 2 is 2.24 bits per heavy atom. The van der Waals surface area contributed by atoms with Crippen LogP contribution in [0.25, 0.3) is 0 Å². The normalized spacial score (nSPS) is 10.2. The Bertz CT molecular complexity index is 631. The first-order chi connectivity index (χ1) is 10.1. The van der Waals surface area contributed by atoms with Gasteiger partial charge in [-0.25, -0.2) is 4.79 Å². The first-order valence-corrected chi connectivity index (χ1v) is 6.62. The maximum atomic E-state index is 11.0. The molecule has 0 atom stereocenters. The molecule has 0 radical (unpaired) electrons. The highest BCUT2D eigenvalue weighted by atomic mass is 35.5. The predicted octanol–water partition coefficient (Wildman–Crippen LogP) is 3.06. The SMILES string of the molecule is COc1cc(C(=O)O)cc(Cl)c1OCCc1cccnc1. The van der Waals surface area contributed by atoms with Gasteiger partial charge in [0.15, 0.2) is 11.5 Å². The third kappa shape index (κ3) is 3.86. The molecule has 0 amide bonds. The second-order valence-electron chi connectivity index (χ2n) is 4.25. The lowest BCUT2D eigenvalue weighted by Crippen LogP contribution is -2.05. The van der Waals surface area contributed by atoms with Crippen molar-refractivity contribution in [2.24, 2.45) is 0 Å². The van der Waals surface area contributed by atoms with Gasteiger partial charge < -0.3 is 14.6 Å². The molecule has 0 spiro atoms. The molecule has 1 heterocycles. The van der Waals surface area contributed by atoms with Crippen LogP contribution in [0.4, 0.5) is 0 Å². The third-order valence-electron chi connectivity index (χ3n) is 2.84. The molecule has 0 bridgehead atoms. The van der Waals surface area contributed by atoms with E-state index in [1.165, 1.54) is 19.2 Å². The molecule has 0 aliphatic heterocycles. The molecule has 2 aromatic rings. The van der Waals surface area contributed by atoms with Crippen molar-refractivity contribution in [1.82, 2.24) is 4.98 Å². The first-order valence-electron chi connectivity index (χ1n) is 6.24. The number of hydrogen-bond donors (Lipinski definition) is 1. The molecule has 0 aliphatic rings. The van der Waals surface area contributed by atoms with Gasteiger partial charge in [0.2, 0.25) is 0 Å². The van der Waals surface area contributed by atoms with E-state index in [2.05, 4.69) is 4.98 Å². The van der Waals surface area contributed by atoms with Crippen LogP contribution >= 0.6 is 11.6 Å². The van der Waals surface area contributed by atoms with Crippen LogP contribution in [-0.4, -0.2) is 29.8 Å². The summed E-state index contributed by atoms with van der Waals surface area (Å²) in [5.41, 5.74) is 1.09. The number of carboxylic acid groups (broad SMARTS) is 1. The summed E-state index contributed by atoms with van der Waals surface area (Å²) in [6.45, 7) is 0.383. The maximum Gasteiger partial charge on any atom is 0.335 e. The van der Waals surface area contributed by atoms with Gasteiger partial charge in [-0.2, -0.15) is 0 Å². The van der Waals surface area contributed by atoms with Crippen molar-refractivity contribution in [3.63, 3.8) is 0 Å². The molecule has 0 saturated carbocycles. The van der Waals surface area contributed by atoms with Gasteiger partial charge in [-0.1, -0.05) is 17.7 Å². The standard InChI is InChI=1S/C15H14ClNO4/c1-20-13-8-11(15(18)19)7-12(16)14(13)21-6-4-10-3-2-5-17-9-10/h2-3,5,7-9H,4,6H2,1H3,(H,18,19). The number of aromatic nitrogens is 1. The Balaban J connectivity index is 2.10. The van der Waals surface area contributed by atoms with Gasteiger partial charge in [0.1, 0.15) is 0 Å². The summed E-state index contributed by atoms with van der Waals surface area (Å²) in [5.74, 6) is -0.434. The van der Waals surface area contributed by atoms with E-state index >= 15 is 0 Å². The Morgan fingerprint density at radius 1 is 1.43 bits per heavy atom. The van der Waals surface area contributed by atoms with Gasteiger partial charge in [0, 0.05) is 18.8 Å². The highest BCUT2D eigenvalue weighted by Gasteiger charge is 2.15. The molecule has 0 aliphatic carbocycles. The molecule has 5 nitrogen and oxygen atoms in total. The number of ether oxygens (including phenoxy) is 2. The van der Waals surface area contributed by atoms with Gasteiger partial charge in [-0.3, -0.25) is 4.98 Å². The summed E-state index contributed by atoms with van der Waals surface area (Å²) in [6.07, 6.45) is 4.12. The molecule has 6 heteroatoms. The van der Waals surface area contributed by atoms with Crippen molar-refractivity contribution in [3.8, 4) is 11.5 Å². The van der Waals surface area contributed by atoms with Gasteiger partial charge in [0.25, 0.3) is 0 Å². The Morgan fingerprint density at radius 3 is 2.86 bits per heavy atom. The number of halogens is 1. The molecule has 1 N–H and O–H groups in total. The number of nitrogens with zero attached hydrogens (tertiary/aromatic N) is 1. The maximum absolute atomic E-state index is 11.0. The topological polar surface area (TPSA) is 68.7 Å². The van der Waals surface area contributed by atoms with Crippen LogP contribution < -0.4 is 9.47 Å². The Kier molecular flexibility index (Phi) is 5.00. The second kappa shape index (κ2) is 6.95. The molecular weight excluding hydrogens is 294 g/mol. The smallest absolute Gasteiger partial charge is 0.335 e. The van der Waals surface area contributed by atoms with E-state index in [0.717, 1.165) is 5.56 Å². The third-order valence-corrected chi connectivity index (χ3v) is 3.12.